The zero-order valence-corrected chi connectivity index (χ0v) is 7.25. The van der Waals surface area contributed by atoms with E-state index in [1.54, 1.807) is 7.11 Å². The number of aliphatic hydroxyl groups is 1. The second-order valence-electron chi connectivity index (χ2n) is 3.37. The fourth-order valence-electron chi connectivity index (χ4n) is 1.65. The zero-order chi connectivity index (χ0) is 8.10. The van der Waals surface area contributed by atoms with Crippen molar-refractivity contribution in [1.82, 2.24) is 0 Å². The zero-order valence-electron chi connectivity index (χ0n) is 7.25. The normalized spacial score (nSPS) is 34.4. The van der Waals surface area contributed by atoms with Gasteiger partial charge in [0.05, 0.1) is 12.2 Å². The van der Waals surface area contributed by atoms with Crippen molar-refractivity contribution in [2.45, 2.75) is 50.7 Å². The molecule has 0 amide bonds. The topological polar surface area (TPSA) is 29.5 Å². The fourth-order valence-corrected chi connectivity index (χ4v) is 1.65. The van der Waals surface area contributed by atoms with Gasteiger partial charge in [-0.25, -0.2) is 0 Å². The van der Waals surface area contributed by atoms with E-state index in [2.05, 4.69) is 0 Å². The molecule has 1 saturated carbocycles. The van der Waals surface area contributed by atoms with E-state index >= 15 is 0 Å². The lowest BCUT2D eigenvalue weighted by Crippen LogP contribution is -2.18. The first-order valence-corrected chi connectivity index (χ1v) is 4.54. The van der Waals surface area contributed by atoms with Crippen LogP contribution in [0.2, 0.25) is 0 Å². The number of methoxy groups -OCH3 is 1. The molecule has 2 atom stereocenters. The van der Waals surface area contributed by atoms with E-state index < -0.39 is 0 Å². The maximum atomic E-state index is 9.37. The molecule has 0 spiro atoms. The summed E-state index contributed by atoms with van der Waals surface area (Å²) in [4.78, 5) is 0. The number of hydrogen-bond acceptors (Lipinski definition) is 2. The smallest absolute Gasteiger partial charge is 0.0572 e. The Hall–Kier alpha value is -0.0800. The van der Waals surface area contributed by atoms with Crippen molar-refractivity contribution in [3.63, 3.8) is 0 Å². The lowest BCUT2D eigenvalue weighted by Gasteiger charge is -2.20. The van der Waals surface area contributed by atoms with Gasteiger partial charge in [0.25, 0.3) is 0 Å². The third-order valence-corrected chi connectivity index (χ3v) is 2.47. The fraction of sp³-hybridized carbons (Fsp3) is 1.00. The summed E-state index contributed by atoms with van der Waals surface area (Å²) in [5.41, 5.74) is 0. The molecular formula is C9H18O2. The van der Waals surface area contributed by atoms with Crippen LogP contribution < -0.4 is 0 Å². The largest absolute Gasteiger partial charge is 0.393 e. The third-order valence-electron chi connectivity index (χ3n) is 2.47. The molecule has 1 aliphatic rings. The van der Waals surface area contributed by atoms with Gasteiger partial charge in [0.2, 0.25) is 0 Å². The second kappa shape index (κ2) is 4.73. The Morgan fingerprint density at radius 1 is 1.09 bits per heavy atom. The maximum absolute atomic E-state index is 9.37. The summed E-state index contributed by atoms with van der Waals surface area (Å²) in [7, 11) is 1.76. The van der Waals surface area contributed by atoms with Crippen molar-refractivity contribution in [2.75, 3.05) is 7.11 Å². The molecule has 2 nitrogen and oxygen atoms in total. The summed E-state index contributed by atoms with van der Waals surface area (Å²) in [6.07, 6.45) is 6.77. The first kappa shape index (κ1) is 9.01. The molecule has 1 fully saturated rings. The predicted molar refractivity (Wildman–Crippen MR) is 44.5 cm³/mol. The highest BCUT2D eigenvalue weighted by molar-refractivity contribution is 4.67. The number of ether oxygens (including phenoxy) is 1. The number of rotatable bonds is 1. The van der Waals surface area contributed by atoms with E-state index in [9.17, 15) is 5.11 Å². The predicted octanol–water partition coefficient (Wildman–Crippen LogP) is 1.72. The van der Waals surface area contributed by atoms with Crippen LogP contribution in [0.15, 0.2) is 0 Å². The summed E-state index contributed by atoms with van der Waals surface area (Å²) in [6, 6.07) is 0. The van der Waals surface area contributed by atoms with Crippen LogP contribution in [0.1, 0.15) is 38.5 Å². The lowest BCUT2D eigenvalue weighted by atomic mass is 9.97. The average molecular weight is 158 g/mol. The first-order chi connectivity index (χ1) is 5.33. The summed E-state index contributed by atoms with van der Waals surface area (Å²) in [5, 5.41) is 9.37. The summed E-state index contributed by atoms with van der Waals surface area (Å²) < 4.78 is 5.26. The van der Waals surface area contributed by atoms with Gasteiger partial charge in [0.1, 0.15) is 0 Å². The second-order valence-corrected chi connectivity index (χ2v) is 3.37. The van der Waals surface area contributed by atoms with E-state index in [-0.39, 0.29) is 6.10 Å². The quantitative estimate of drug-likeness (QED) is 0.629. The maximum Gasteiger partial charge on any atom is 0.0572 e. The summed E-state index contributed by atoms with van der Waals surface area (Å²) in [6.45, 7) is 0. The van der Waals surface area contributed by atoms with Crippen LogP contribution in [0, 0.1) is 0 Å². The van der Waals surface area contributed by atoms with E-state index in [4.69, 9.17) is 4.74 Å². The van der Waals surface area contributed by atoms with Gasteiger partial charge in [-0.15, -0.1) is 0 Å². The van der Waals surface area contributed by atoms with Crippen LogP contribution in [0.3, 0.4) is 0 Å². The molecule has 0 radical (unpaired) electrons. The van der Waals surface area contributed by atoms with Crippen molar-refractivity contribution in [3.8, 4) is 0 Å². The average Bonchev–Trinajstić information content (AvgIpc) is 1.98. The van der Waals surface area contributed by atoms with Crippen molar-refractivity contribution < 1.29 is 9.84 Å². The van der Waals surface area contributed by atoms with Gasteiger partial charge in [-0.05, 0) is 25.7 Å². The molecule has 0 aromatic carbocycles. The highest BCUT2D eigenvalue weighted by atomic mass is 16.5. The van der Waals surface area contributed by atoms with E-state index in [1.165, 1.54) is 12.8 Å². The van der Waals surface area contributed by atoms with Crippen LogP contribution in [0.5, 0.6) is 0 Å². The van der Waals surface area contributed by atoms with Crippen molar-refractivity contribution in [3.05, 3.63) is 0 Å². The van der Waals surface area contributed by atoms with Crippen LogP contribution >= 0.6 is 0 Å². The monoisotopic (exact) mass is 158 g/mol. The van der Waals surface area contributed by atoms with Crippen LogP contribution in [-0.2, 0) is 4.74 Å². The summed E-state index contributed by atoms with van der Waals surface area (Å²) in [5.74, 6) is 0. The minimum Gasteiger partial charge on any atom is -0.393 e. The highest BCUT2D eigenvalue weighted by Crippen LogP contribution is 2.19. The standard InChI is InChI=1S/C9H18O2/c1-11-9-5-3-2-4-8(10)6-7-9/h8-10H,2-7H2,1H3. The van der Waals surface area contributed by atoms with Crippen molar-refractivity contribution in [1.29, 1.82) is 0 Å². The Kier molecular flexibility index (Phi) is 3.87. The molecule has 0 aliphatic heterocycles. The van der Waals surface area contributed by atoms with Crippen LogP contribution in [0.25, 0.3) is 0 Å². The molecule has 2 heteroatoms. The summed E-state index contributed by atoms with van der Waals surface area (Å²) >= 11 is 0. The Labute approximate surface area is 68.6 Å². The molecule has 1 rings (SSSR count). The molecule has 1 aliphatic carbocycles. The van der Waals surface area contributed by atoms with Gasteiger partial charge in [-0.2, -0.15) is 0 Å². The molecule has 66 valence electrons. The van der Waals surface area contributed by atoms with E-state index in [0.29, 0.717) is 6.10 Å². The van der Waals surface area contributed by atoms with Gasteiger partial charge >= 0.3 is 0 Å². The third kappa shape index (κ3) is 3.21. The molecule has 0 saturated heterocycles. The Morgan fingerprint density at radius 3 is 2.55 bits per heavy atom. The van der Waals surface area contributed by atoms with E-state index in [1.807, 2.05) is 0 Å². The van der Waals surface area contributed by atoms with Crippen LogP contribution in [0.4, 0.5) is 0 Å². The molecule has 2 unspecified atom stereocenters. The molecule has 0 aromatic rings. The molecule has 11 heavy (non-hydrogen) atoms. The first-order valence-electron chi connectivity index (χ1n) is 4.54. The minimum absolute atomic E-state index is 0.0760. The SMILES string of the molecule is COC1CCCCC(O)CC1. The molecule has 0 bridgehead atoms. The molecule has 0 aromatic heterocycles. The lowest BCUT2D eigenvalue weighted by molar-refractivity contribution is 0.0524. The Morgan fingerprint density at radius 2 is 1.82 bits per heavy atom. The molecular weight excluding hydrogens is 140 g/mol. The molecule has 1 N–H and O–H groups in total. The van der Waals surface area contributed by atoms with Crippen molar-refractivity contribution >= 4 is 0 Å². The molecule has 0 heterocycles. The van der Waals surface area contributed by atoms with Crippen LogP contribution in [-0.4, -0.2) is 24.4 Å². The number of aliphatic hydroxyl groups excluding tert-OH is 1. The van der Waals surface area contributed by atoms with E-state index in [0.717, 1.165) is 25.7 Å². The minimum atomic E-state index is -0.0760. The van der Waals surface area contributed by atoms with Gasteiger partial charge in [-0.1, -0.05) is 12.8 Å². The number of hydrogen-bond donors (Lipinski definition) is 1. The van der Waals surface area contributed by atoms with Gasteiger partial charge < -0.3 is 9.84 Å². The Balaban J connectivity index is 2.25. The highest BCUT2D eigenvalue weighted by Gasteiger charge is 2.14. The van der Waals surface area contributed by atoms with Gasteiger partial charge in [0, 0.05) is 7.11 Å². The van der Waals surface area contributed by atoms with Crippen molar-refractivity contribution in [2.24, 2.45) is 0 Å². The van der Waals surface area contributed by atoms with Gasteiger partial charge in [-0.3, -0.25) is 0 Å². The van der Waals surface area contributed by atoms with Gasteiger partial charge in [0.15, 0.2) is 0 Å². The Bertz CT molecular complexity index is 104.